The highest BCUT2D eigenvalue weighted by atomic mass is 35.5. The van der Waals surface area contributed by atoms with Crippen LogP contribution in [0.1, 0.15) is 22.3 Å². The smallest absolute Gasteiger partial charge is 0.0726 e. The molecule has 0 amide bonds. The zero-order valence-corrected chi connectivity index (χ0v) is 25.2. The van der Waals surface area contributed by atoms with E-state index in [0.717, 1.165) is 22.1 Å². The van der Waals surface area contributed by atoms with Gasteiger partial charge in [0.15, 0.2) is 0 Å². The fraction of sp³-hybridized carbons (Fsp3) is 0.0233. The van der Waals surface area contributed by atoms with Gasteiger partial charge in [-0.1, -0.05) is 133 Å². The Bertz CT molecular complexity index is 2220. The Hall–Kier alpha value is -5.37. The molecular weight excluding hydrogens is 566 g/mol. The van der Waals surface area contributed by atoms with E-state index in [0.29, 0.717) is 0 Å². The third-order valence-electron chi connectivity index (χ3n) is 9.52. The van der Waals surface area contributed by atoms with Crippen LogP contribution in [0.25, 0.3) is 33.4 Å². The molecule has 7 aromatic rings. The summed E-state index contributed by atoms with van der Waals surface area (Å²) < 4.78 is 0. The summed E-state index contributed by atoms with van der Waals surface area (Å²) in [7, 11) is 0. The Morgan fingerprint density at radius 3 is 1.58 bits per heavy atom. The first-order valence-corrected chi connectivity index (χ1v) is 15.8. The Morgan fingerprint density at radius 2 is 0.867 bits per heavy atom. The minimum absolute atomic E-state index is 0.465. The predicted molar refractivity (Wildman–Crippen MR) is 188 cm³/mol. The standard InChI is InChI=1S/C43H28ClN/c44-31-22-24-37-35-18-7-9-20-39(35)43(41(37)27-31)40-21-10-8-19-36(40)38-25-23-34(28-42(38)43)45(32-15-5-2-6-16-32)33-17-11-14-30(26-33)29-12-3-1-4-13-29/h1-28H. The van der Waals surface area contributed by atoms with Crippen LogP contribution in [0, 0.1) is 0 Å². The summed E-state index contributed by atoms with van der Waals surface area (Å²) in [6.07, 6.45) is 0. The van der Waals surface area contributed by atoms with E-state index in [1.54, 1.807) is 0 Å². The number of fused-ring (bicyclic) bond motifs is 10. The zero-order valence-electron chi connectivity index (χ0n) is 24.5. The molecule has 9 rings (SSSR count). The van der Waals surface area contributed by atoms with E-state index in [1.807, 2.05) is 6.07 Å². The third-order valence-corrected chi connectivity index (χ3v) is 9.75. The van der Waals surface area contributed by atoms with Crippen molar-refractivity contribution >= 4 is 28.7 Å². The van der Waals surface area contributed by atoms with Crippen LogP contribution in [0.4, 0.5) is 17.1 Å². The maximum Gasteiger partial charge on any atom is 0.0726 e. The van der Waals surface area contributed by atoms with Gasteiger partial charge in [0, 0.05) is 22.1 Å². The third kappa shape index (κ3) is 3.81. The first-order chi connectivity index (χ1) is 22.2. The lowest BCUT2D eigenvalue weighted by atomic mass is 9.70. The molecule has 212 valence electrons. The maximum atomic E-state index is 6.78. The number of rotatable bonds is 4. The first kappa shape index (κ1) is 26.1. The Kier molecular flexibility index (Phi) is 5.84. The second-order valence-corrected chi connectivity index (χ2v) is 12.3. The van der Waals surface area contributed by atoms with Crippen LogP contribution < -0.4 is 4.90 Å². The molecule has 45 heavy (non-hydrogen) atoms. The van der Waals surface area contributed by atoms with Crippen LogP contribution in [0.5, 0.6) is 0 Å². The normalized spacial score (nSPS) is 15.3. The van der Waals surface area contributed by atoms with Gasteiger partial charge >= 0.3 is 0 Å². The van der Waals surface area contributed by atoms with E-state index in [2.05, 4.69) is 169 Å². The molecular formula is C43H28ClN. The first-order valence-electron chi connectivity index (χ1n) is 15.4. The number of halogens is 1. The zero-order chi connectivity index (χ0) is 30.0. The number of benzene rings is 7. The monoisotopic (exact) mass is 593 g/mol. The van der Waals surface area contributed by atoms with Crippen LogP contribution in [0.15, 0.2) is 170 Å². The van der Waals surface area contributed by atoms with E-state index >= 15 is 0 Å². The molecule has 0 radical (unpaired) electrons. The summed E-state index contributed by atoms with van der Waals surface area (Å²) in [5.74, 6) is 0. The van der Waals surface area contributed by atoms with Gasteiger partial charge in [-0.25, -0.2) is 0 Å². The molecule has 2 aliphatic rings. The van der Waals surface area contributed by atoms with Crippen molar-refractivity contribution in [3.05, 3.63) is 197 Å². The van der Waals surface area contributed by atoms with Gasteiger partial charge in [-0.15, -0.1) is 0 Å². The Balaban J connectivity index is 1.32. The number of anilines is 3. The Morgan fingerprint density at radius 1 is 0.356 bits per heavy atom. The molecule has 0 N–H and O–H groups in total. The van der Waals surface area contributed by atoms with Crippen molar-refractivity contribution in [2.45, 2.75) is 5.41 Å². The summed E-state index contributed by atoms with van der Waals surface area (Å²) in [4.78, 5) is 2.38. The SMILES string of the molecule is Clc1ccc2c(c1)C1(c3ccccc3-2)c2ccccc2-c2ccc(N(c3ccccc3)c3cccc(-c4ccccc4)c3)cc21. The van der Waals surface area contributed by atoms with Gasteiger partial charge in [-0.2, -0.15) is 0 Å². The highest BCUT2D eigenvalue weighted by Crippen LogP contribution is 2.63. The minimum Gasteiger partial charge on any atom is -0.310 e. The van der Waals surface area contributed by atoms with Gasteiger partial charge in [-0.3, -0.25) is 0 Å². The van der Waals surface area contributed by atoms with Crippen molar-refractivity contribution in [2.75, 3.05) is 4.90 Å². The Labute approximate surface area is 268 Å². The van der Waals surface area contributed by atoms with Crippen LogP contribution in [-0.4, -0.2) is 0 Å². The van der Waals surface area contributed by atoms with Crippen molar-refractivity contribution in [2.24, 2.45) is 0 Å². The van der Waals surface area contributed by atoms with Crippen molar-refractivity contribution in [3.8, 4) is 33.4 Å². The van der Waals surface area contributed by atoms with Crippen molar-refractivity contribution in [1.29, 1.82) is 0 Å². The summed E-state index contributed by atoms with van der Waals surface area (Å²) >= 11 is 6.78. The highest BCUT2D eigenvalue weighted by Gasteiger charge is 2.51. The van der Waals surface area contributed by atoms with Gasteiger partial charge in [0.1, 0.15) is 0 Å². The predicted octanol–water partition coefficient (Wildman–Crippen LogP) is 11.8. The van der Waals surface area contributed by atoms with Crippen molar-refractivity contribution in [1.82, 2.24) is 0 Å². The van der Waals surface area contributed by atoms with Crippen LogP contribution in [0.2, 0.25) is 5.02 Å². The van der Waals surface area contributed by atoms with Gasteiger partial charge in [0.2, 0.25) is 0 Å². The van der Waals surface area contributed by atoms with Gasteiger partial charge in [0.25, 0.3) is 0 Å². The molecule has 7 aromatic carbocycles. The number of para-hydroxylation sites is 1. The topological polar surface area (TPSA) is 3.24 Å². The second-order valence-electron chi connectivity index (χ2n) is 11.8. The molecule has 1 unspecified atom stereocenters. The average Bonchev–Trinajstić information content (AvgIpc) is 3.56. The molecule has 2 heteroatoms. The lowest BCUT2D eigenvalue weighted by Crippen LogP contribution is -2.26. The quantitative estimate of drug-likeness (QED) is 0.196. The summed E-state index contributed by atoms with van der Waals surface area (Å²) in [6, 6.07) is 61.3. The van der Waals surface area contributed by atoms with Gasteiger partial charge in [-0.05, 0) is 104 Å². The molecule has 1 spiro atoms. The van der Waals surface area contributed by atoms with Gasteiger partial charge in [0.05, 0.1) is 5.41 Å². The maximum absolute atomic E-state index is 6.78. The van der Waals surface area contributed by atoms with Gasteiger partial charge < -0.3 is 4.90 Å². The van der Waals surface area contributed by atoms with Crippen molar-refractivity contribution < 1.29 is 0 Å². The molecule has 2 aliphatic carbocycles. The van der Waals surface area contributed by atoms with E-state index < -0.39 is 5.41 Å². The number of hydrogen-bond acceptors (Lipinski definition) is 1. The highest BCUT2D eigenvalue weighted by molar-refractivity contribution is 6.30. The number of nitrogens with zero attached hydrogens (tertiary/aromatic N) is 1. The van der Waals surface area contributed by atoms with Crippen LogP contribution in [-0.2, 0) is 5.41 Å². The molecule has 0 fully saturated rings. The van der Waals surface area contributed by atoms with E-state index in [4.69, 9.17) is 11.6 Å². The van der Waals surface area contributed by atoms with Crippen LogP contribution in [0.3, 0.4) is 0 Å². The second kappa shape index (κ2) is 10.1. The summed E-state index contributed by atoms with van der Waals surface area (Å²) in [5.41, 5.74) is 15.5. The average molecular weight is 594 g/mol. The molecule has 0 heterocycles. The summed E-state index contributed by atoms with van der Waals surface area (Å²) in [5, 5.41) is 0.756. The minimum atomic E-state index is -0.465. The number of hydrogen-bond donors (Lipinski definition) is 0. The lowest BCUT2D eigenvalue weighted by molar-refractivity contribution is 0.793. The molecule has 0 aliphatic heterocycles. The summed E-state index contributed by atoms with van der Waals surface area (Å²) in [6.45, 7) is 0. The van der Waals surface area contributed by atoms with Crippen LogP contribution >= 0.6 is 11.6 Å². The fourth-order valence-electron chi connectivity index (χ4n) is 7.72. The largest absolute Gasteiger partial charge is 0.310 e. The van der Waals surface area contributed by atoms with E-state index in [-0.39, 0.29) is 0 Å². The molecule has 0 aromatic heterocycles. The lowest BCUT2D eigenvalue weighted by Gasteiger charge is -2.32. The molecule has 1 nitrogen and oxygen atoms in total. The molecule has 0 bridgehead atoms. The fourth-order valence-corrected chi connectivity index (χ4v) is 7.89. The van der Waals surface area contributed by atoms with E-state index in [9.17, 15) is 0 Å². The molecule has 1 atom stereocenters. The van der Waals surface area contributed by atoms with E-state index in [1.165, 1.54) is 55.6 Å². The molecule has 0 saturated carbocycles. The molecule has 0 saturated heterocycles. The van der Waals surface area contributed by atoms with Crippen molar-refractivity contribution in [3.63, 3.8) is 0 Å².